The van der Waals surface area contributed by atoms with Crippen LogP contribution in [0.5, 0.6) is 6.01 Å². The number of benzene rings is 1. The lowest BCUT2D eigenvalue weighted by Gasteiger charge is -2.21. The lowest BCUT2D eigenvalue weighted by molar-refractivity contribution is -0.144. The second-order valence-electron chi connectivity index (χ2n) is 7.74. The van der Waals surface area contributed by atoms with Gasteiger partial charge in [-0.3, -0.25) is 9.36 Å². The largest absolute Gasteiger partial charge is 0.512 e. The maximum absolute atomic E-state index is 13.3. The van der Waals surface area contributed by atoms with E-state index in [1.165, 1.54) is 11.9 Å². The molecule has 3 rings (SSSR count). The Hall–Kier alpha value is -3.92. The number of amides is 1. The van der Waals surface area contributed by atoms with Crippen molar-refractivity contribution in [3.63, 3.8) is 0 Å². The van der Waals surface area contributed by atoms with Crippen molar-refractivity contribution in [1.82, 2.24) is 14.5 Å². The standard InChI is InChI=1S/C23H28N5O5/c1-14-8-9-16(15(2)10-14)12-28-20(22(31)27(4)13-19(30)33-24)21(25-3)26-23(28)32-18-7-5-6-17(29)11-18/h5-10,18,25,29H,1,11-13,24H2,2-4H3/q-1. The van der Waals surface area contributed by atoms with Crippen LogP contribution in [-0.4, -0.2) is 58.2 Å². The van der Waals surface area contributed by atoms with Crippen molar-refractivity contribution in [2.75, 3.05) is 26.0 Å². The van der Waals surface area contributed by atoms with Crippen LogP contribution in [-0.2, 0) is 16.2 Å². The van der Waals surface area contributed by atoms with E-state index in [0.29, 0.717) is 0 Å². The molecule has 0 saturated heterocycles. The zero-order valence-corrected chi connectivity index (χ0v) is 18.9. The average Bonchev–Trinajstić information content (AvgIpc) is 3.11. The number of aromatic nitrogens is 2. The van der Waals surface area contributed by atoms with Crippen molar-refractivity contribution >= 4 is 17.7 Å². The number of imidazole rings is 1. The number of rotatable bonds is 8. The van der Waals surface area contributed by atoms with Gasteiger partial charge in [-0.1, -0.05) is 13.0 Å². The number of aliphatic hydroxyl groups is 1. The third-order valence-corrected chi connectivity index (χ3v) is 5.23. The summed E-state index contributed by atoms with van der Waals surface area (Å²) in [6.45, 7) is 5.85. The summed E-state index contributed by atoms with van der Waals surface area (Å²) in [7, 11) is 3.10. The van der Waals surface area contributed by atoms with Gasteiger partial charge in [0.05, 0.1) is 12.3 Å². The molecule has 2 aromatic rings. The number of carbonyl (C=O) groups excluding carboxylic acids is 2. The van der Waals surface area contributed by atoms with Crippen LogP contribution >= 0.6 is 0 Å². The van der Waals surface area contributed by atoms with Gasteiger partial charge in [-0.2, -0.15) is 35.5 Å². The minimum Gasteiger partial charge on any atom is -0.512 e. The van der Waals surface area contributed by atoms with Gasteiger partial charge in [0.2, 0.25) is 0 Å². The van der Waals surface area contributed by atoms with Crippen LogP contribution in [0.4, 0.5) is 5.82 Å². The molecule has 4 N–H and O–H groups in total. The quantitative estimate of drug-likeness (QED) is 0.408. The topological polar surface area (TPSA) is 132 Å². The minimum absolute atomic E-state index is 0.188. The molecule has 1 unspecified atom stereocenters. The van der Waals surface area contributed by atoms with Crippen LogP contribution in [0.3, 0.4) is 0 Å². The van der Waals surface area contributed by atoms with Crippen molar-refractivity contribution < 1.29 is 24.3 Å². The van der Waals surface area contributed by atoms with E-state index in [2.05, 4.69) is 22.1 Å². The molecule has 1 atom stereocenters. The fourth-order valence-corrected chi connectivity index (χ4v) is 3.50. The molecular formula is C23H28N5O5-. The normalized spacial score (nSPS) is 15.0. The van der Waals surface area contributed by atoms with Gasteiger partial charge >= 0.3 is 5.97 Å². The third-order valence-electron chi connectivity index (χ3n) is 5.23. The highest BCUT2D eigenvalue weighted by Gasteiger charge is 2.29. The number of hydrogen-bond donors (Lipinski definition) is 3. The van der Waals surface area contributed by atoms with Crippen LogP contribution in [0.1, 0.15) is 33.6 Å². The third kappa shape index (κ3) is 5.47. The number of hydrogen-bond acceptors (Lipinski definition) is 8. The summed E-state index contributed by atoms with van der Waals surface area (Å²) in [5.74, 6) is 4.17. The number of carbonyl (C=O) groups is 2. The zero-order valence-electron chi connectivity index (χ0n) is 18.9. The Morgan fingerprint density at radius 1 is 1.42 bits per heavy atom. The van der Waals surface area contributed by atoms with Gasteiger partial charge in [0.1, 0.15) is 12.6 Å². The molecule has 1 heterocycles. The summed E-state index contributed by atoms with van der Waals surface area (Å²) in [4.78, 5) is 34.8. The first-order valence-corrected chi connectivity index (χ1v) is 10.3. The number of allylic oxidation sites excluding steroid dienone is 2. The summed E-state index contributed by atoms with van der Waals surface area (Å²) < 4.78 is 7.72. The summed E-state index contributed by atoms with van der Waals surface area (Å²) >= 11 is 0. The van der Waals surface area contributed by atoms with Gasteiger partial charge in [-0.25, -0.2) is 4.79 Å². The van der Waals surface area contributed by atoms with Crippen LogP contribution in [0.15, 0.2) is 42.2 Å². The molecule has 10 heteroatoms. The number of likely N-dealkylation sites (N-methyl/N-ethyl adjacent to an activating group) is 1. The van der Waals surface area contributed by atoms with E-state index in [1.807, 2.05) is 25.1 Å². The molecule has 1 aromatic heterocycles. The predicted molar refractivity (Wildman–Crippen MR) is 123 cm³/mol. The first-order valence-electron chi connectivity index (χ1n) is 10.3. The Bertz CT molecular complexity index is 1100. The first-order chi connectivity index (χ1) is 15.7. The molecule has 10 nitrogen and oxygen atoms in total. The van der Waals surface area contributed by atoms with Crippen molar-refractivity contribution in [2.24, 2.45) is 5.90 Å². The van der Waals surface area contributed by atoms with E-state index >= 15 is 0 Å². The van der Waals surface area contributed by atoms with E-state index < -0.39 is 18.0 Å². The Morgan fingerprint density at radius 2 is 2.18 bits per heavy atom. The highest BCUT2D eigenvalue weighted by atomic mass is 16.7. The Kier molecular flexibility index (Phi) is 7.29. The minimum atomic E-state index is -0.754. The van der Waals surface area contributed by atoms with Crippen molar-refractivity contribution in [1.29, 1.82) is 0 Å². The summed E-state index contributed by atoms with van der Waals surface area (Å²) in [5, 5.41) is 12.8. The van der Waals surface area contributed by atoms with Crippen molar-refractivity contribution in [3.8, 4) is 6.01 Å². The Balaban J connectivity index is 2.05. The number of ether oxygens (including phenoxy) is 1. The van der Waals surface area contributed by atoms with Crippen molar-refractivity contribution in [2.45, 2.75) is 26.0 Å². The molecule has 176 valence electrons. The molecule has 0 fully saturated rings. The molecule has 1 amide bonds. The molecule has 0 bridgehead atoms. The van der Waals surface area contributed by atoms with Crippen LogP contribution < -0.4 is 16.0 Å². The number of anilines is 1. The monoisotopic (exact) mass is 454 g/mol. The molecule has 0 saturated carbocycles. The molecule has 1 aliphatic carbocycles. The predicted octanol–water partition coefficient (Wildman–Crippen LogP) is 2.10. The summed E-state index contributed by atoms with van der Waals surface area (Å²) in [5.41, 5.74) is 3.01. The van der Waals surface area contributed by atoms with E-state index in [-0.39, 0.29) is 42.8 Å². The number of nitrogens with one attached hydrogen (secondary N) is 1. The smallest absolute Gasteiger partial charge is 0.344 e. The van der Waals surface area contributed by atoms with Gasteiger partial charge in [-0.05, 0) is 17.7 Å². The van der Waals surface area contributed by atoms with E-state index in [9.17, 15) is 14.7 Å². The Labute approximate surface area is 192 Å². The number of aliphatic hydroxyl groups excluding tert-OH is 1. The van der Waals surface area contributed by atoms with Crippen LogP contribution in [0.2, 0.25) is 0 Å². The van der Waals surface area contributed by atoms with Gasteiger partial charge in [0.25, 0.3) is 11.9 Å². The second-order valence-corrected chi connectivity index (χ2v) is 7.74. The van der Waals surface area contributed by atoms with Gasteiger partial charge in [0, 0.05) is 20.5 Å². The first kappa shape index (κ1) is 23.7. The van der Waals surface area contributed by atoms with E-state index in [4.69, 9.17) is 10.6 Å². The van der Waals surface area contributed by atoms with Crippen molar-refractivity contribution in [3.05, 3.63) is 71.5 Å². The highest BCUT2D eigenvalue weighted by molar-refractivity contribution is 5.99. The molecule has 0 radical (unpaired) electrons. The molecule has 33 heavy (non-hydrogen) atoms. The fourth-order valence-electron chi connectivity index (χ4n) is 3.50. The van der Waals surface area contributed by atoms with Crippen LogP contribution in [0.25, 0.3) is 0 Å². The summed E-state index contributed by atoms with van der Waals surface area (Å²) in [6, 6.07) is 5.96. The number of nitrogens with zero attached hydrogens (tertiary/aromatic N) is 3. The zero-order chi connectivity index (χ0) is 24.1. The number of aryl methyl sites for hydroxylation is 1. The average molecular weight is 455 g/mol. The maximum Gasteiger partial charge on any atom is 0.344 e. The molecular weight excluding hydrogens is 426 g/mol. The highest BCUT2D eigenvalue weighted by Crippen LogP contribution is 2.28. The summed E-state index contributed by atoms with van der Waals surface area (Å²) in [6.07, 6.45) is 4.91. The molecule has 1 aromatic carbocycles. The van der Waals surface area contributed by atoms with Crippen LogP contribution in [0, 0.1) is 13.8 Å². The number of nitrogens with two attached hydrogens (primary N) is 1. The maximum atomic E-state index is 13.3. The lowest BCUT2D eigenvalue weighted by Crippen LogP contribution is -2.35. The van der Waals surface area contributed by atoms with E-state index in [0.717, 1.165) is 16.7 Å². The second kappa shape index (κ2) is 10.1. The SMILES string of the molecule is [CH2-]c1ccc(Cn2c(OC3C=CC=C(O)C3)nc(NC)c2C(=O)N(C)CC(=O)ON)c(C)c1. The Morgan fingerprint density at radius 3 is 2.82 bits per heavy atom. The van der Waals surface area contributed by atoms with E-state index in [1.54, 1.807) is 29.8 Å². The van der Waals surface area contributed by atoms with Gasteiger partial charge < -0.3 is 24.9 Å². The van der Waals surface area contributed by atoms with Gasteiger partial charge in [-0.15, -0.1) is 11.6 Å². The molecule has 0 aliphatic heterocycles. The lowest BCUT2D eigenvalue weighted by atomic mass is 10.1. The molecule has 0 spiro atoms. The van der Waals surface area contributed by atoms with Gasteiger partial charge in [0.15, 0.2) is 11.5 Å². The fraction of sp³-hybridized carbons (Fsp3) is 0.304. The molecule has 1 aliphatic rings.